The topological polar surface area (TPSA) is 94.4 Å². The van der Waals surface area contributed by atoms with Crippen molar-refractivity contribution < 1.29 is 9.21 Å². The molecule has 3 aromatic heterocycles. The standard InChI is InChI=1S/C33H22ClN5O3/c34-23-13-15-24(16-14-23)36-31(40)20-38-19-22(25-8-3-5-11-28(25)38)18-35-39-32(30-17-21-7-1-6-12-29(21)42-30)37-27-10-4-2-9-26(27)33(39)41/h1-19H,20H2,(H,36,40). The SMILES string of the molecule is O=C(Cn1cc(C=Nn2c(-c3cc4ccccc4o3)nc3ccccc3c2=O)c2ccccc21)Nc1ccc(Cl)cc1. The maximum absolute atomic E-state index is 13.7. The highest BCUT2D eigenvalue weighted by Crippen LogP contribution is 2.27. The third-order valence-electron chi connectivity index (χ3n) is 6.97. The molecule has 0 saturated heterocycles. The van der Waals surface area contributed by atoms with Gasteiger partial charge in [0.2, 0.25) is 11.7 Å². The number of para-hydroxylation sites is 3. The molecule has 0 saturated carbocycles. The summed E-state index contributed by atoms with van der Waals surface area (Å²) in [5.74, 6) is 0.526. The lowest BCUT2D eigenvalue weighted by atomic mass is 10.2. The van der Waals surface area contributed by atoms with E-state index in [0.29, 0.717) is 33.0 Å². The highest BCUT2D eigenvalue weighted by atomic mass is 35.5. The first-order valence-electron chi connectivity index (χ1n) is 13.2. The van der Waals surface area contributed by atoms with Crippen molar-refractivity contribution in [3.05, 3.63) is 130 Å². The summed E-state index contributed by atoms with van der Waals surface area (Å²) >= 11 is 5.96. The zero-order valence-electron chi connectivity index (χ0n) is 22.1. The zero-order chi connectivity index (χ0) is 28.6. The van der Waals surface area contributed by atoms with Gasteiger partial charge in [0.15, 0.2) is 5.76 Å². The summed E-state index contributed by atoms with van der Waals surface area (Å²) in [7, 11) is 0. The molecule has 0 aliphatic rings. The number of carbonyl (C=O) groups excluding carboxylic acids is 1. The van der Waals surface area contributed by atoms with Crippen LogP contribution in [0.4, 0.5) is 5.69 Å². The van der Waals surface area contributed by atoms with Gasteiger partial charge in [0, 0.05) is 38.8 Å². The minimum absolute atomic E-state index is 0.0820. The Kier molecular flexibility index (Phi) is 6.37. The molecule has 0 spiro atoms. The largest absolute Gasteiger partial charge is 0.453 e. The van der Waals surface area contributed by atoms with Crippen molar-refractivity contribution in [1.82, 2.24) is 14.2 Å². The van der Waals surface area contributed by atoms with E-state index in [1.165, 1.54) is 4.68 Å². The molecule has 1 N–H and O–H groups in total. The molecule has 42 heavy (non-hydrogen) atoms. The number of amides is 1. The van der Waals surface area contributed by atoms with Gasteiger partial charge in [-0.15, -0.1) is 0 Å². The number of carbonyl (C=O) groups is 1. The van der Waals surface area contributed by atoms with Gasteiger partial charge in [0.05, 0.1) is 17.1 Å². The van der Waals surface area contributed by atoms with Crippen LogP contribution in [-0.4, -0.2) is 26.3 Å². The number of aromatic nitrogens is 3. The van der Waals surface area contributed by atoms with Crippen LogP contribution in [0.2, 0.25) is 5.02 Å². The first-order chi connectivity index (χ1) is 20.5. The monoisotopic (exact) mass is 571 g/mol. The normalized spacial score (nSPS) is 11.6. The van der Waals surface area contributed by atoms with Gasteiger partial charge in [-0.2, -0.15) is 9.78 Å². The van der Waals surface area contributed by atoms with Gasteiger partial charge in [-0.1, -0.05) is 60.1 Å². The quantitative estimate of drug-likeness (QED) is 0.219. The summed E-state index contributed by atoms with van der Waals surface area (Å²) in [6, 6.07) is 31.3. The molecular weight excluding hydrogens is 550 g/mol. The summed E-state index contributed by atoms with van der Waals surface area (Å²) in [6.07, 6.45) is 3.45. The van der Waals surface area contributed by atoms with Crippen molar-refractivity contribution in [2.75, 3.05) is 5.32 Å². The number of nitrogens with zero attached hydrogens (tertiary/aromatic N) is 4. The highest BCUT2D eigenvalue weighted by molar-refractivity contribution is 6.30. The van der Waals surface area contributed by atoms with Crippen molar-refractivity contribution in [3.8, 4) is 11.6 Å². The number of halogens is 1. The Bertz CT molecular complexity index is 2180. The second-order valence-electron chi connectivity index (χ2n) is 9.75. The van der Waals surface area contributed by atoms with Crippen LogP contribution in [0.5, 0.6) is 0 Å². The molecule has 4 aromatic carbocycles. The number of hydrogen-bond acceptors (Lipinski definition) is 5. The summed E-state index contributed by atoms with van der Waals surface area (Å²) in [4.78, 5) is 31.3. The number of rotatable bonds is 6. The Labute approximate surface area is 244 Å². The van der Waals surface area contributed by atoms with E-state index in [1.54, 1.807) is 48.7 Å². The van der Waals surface area contributed by atoms with Crippen molar-refractivity contribution in [3.63, 3.8) is 0 Å². The van der Waals surface area contributed by atoms with Gasteiger partial charge in [0.1, 0.15) is 12.1 Å². The number of nitrogens with one attached hydrogen (secondary N) is 1. The van der Waals surface area contributed by atoms with Crippen LogP contribution in [-0.2, 0) is 11.3 Å². The number of fused-ring (bicyclic) bond motifs is 3. The van der Waals surface area contributed by atoms with Crippen LogP contribution in [0.3, 0.4) is 0 Å². The minimum Gasteiger partial charge on any atom is -0.453 e. The maximum atomic E-state index is 13.7. The predicted molar refractivity (Wildman–Crippen MR) is 166 cm³/mol. The summed E-state index contributed by atoms with van der Waals surface area (Å²) in [5, 5.41) is 10.3. The molecular formula is C33H22ClN5O3. The molecule has 3 heterocycles. The number of benzene rings is 4. The Balaban J connectivity index is 1.29. The van der Waals surface area contributed by atoms with Crippen LogP contribution >= 0.6 is 11.6 Å². The predicted octanol–water partition coefficient (Wildman–Crippen LogP) is 6.94. The second kappa shape index (κ2) is 10.5. The second-order valence-corrected chi connectivity index (χ2v) is 10.2. The fourth-order valence-corrected chi connectivity index (χ4v) is 5.13. The van der Waals surface area contributed by atoms with E-state index in [-0.39, 0.29) is 23.8 Å². The molecule has 204 valence electrons. The lowest BCUT2D eigenvalue weighted by molar-refractivity contribution is -0.116. The fourth-order valence-electron chi connectivity index (χ4n) is 5.00. The van der Waals surface area contributed by atoms with E-state index < -0.39 is 0 Å². The van der Waals surface area contributed by atoms with E-state index in [9.17, 15) is 9.59 Å². The van der Waals surface area contributed by atoms with Gasteiger partial charge < -0.3 is 14.3 Å². The van der Waals surface area contributed by atoms with E-state index in [2.05, 4.69) is 10.4 Å². The van der Waals surface area contributed by atoms with Crippen molar-refractivity contribution in [1.29, 1.82) is 0 Å². The van der Waals surface area contributed by atoms with Crippen LogP contribution < -0.4 is 10.9 Å². The van der Waals surface area contributed by atoms with E-state index in [0.717, 1.165) is 21.9 Å². The minimum atomic E-state index is -0.321. The molecule has 0 aliphatic heterocycles. The molecule has 0 bridgehead atoms. The fraction of sp³-hybridized carbons (Fsp3) is 0.0303. The molecule has 7 aromatic rings. The third-order valence-corrected chi connectivity index (χ3v) is 7.23. The highest BCUT2D eigenvalue weighted by Gasteiger charge is 2.17. The molecule has 8 nitrogen and oxygen atoms in total. The van der Waals surface area contributed by atoms with Crippen molar-refractivity contribution in [2.45, 2.75) is 6.54 Å². The zero-order valence-corrected chi connectivity index (χ0v) is 22.8. The average molecular weight is 572 g/mol. The third kappa shape index (κ3) is 4.74. The van der Waals surface area contributed by atoms with Crippen molar-refractivity contribution >= 4 is 62.2 Å². The molecule has 0 atom stereocenters. The van der Waals surface area contributed by atoms with Gasteiger partial charge in [0.25, 0.3) is 5.56 Å². The number of anilines is 1. The van der Waals surface area contributed by atoms with Gasteiger partial charge in [-0.25, -0.2) is 4.98 Å². The molecule has 0 unspecified atom stereocenters. The van der Waals surface area contributed by atoms with Gasteiger partial charge in [-0.05, 0) is 54.6 Å². The maximum Gasteiger partial charge on any atom is 0.282 e. The van der Waals surface area contributed by atoms with Crippen LogP contribution in [0, 0.1) is 0 Å². The smallest absolute Gasteiger partial charge is 0.282 e. The Morgan fingerprint density at radius 3 is 2.50 bits per heavy atom. The average Bonchev–Trinajstić information content (AvgIpc) is 3.59. The lowest BCUT2D eigenvalue weighted by Crippen LogP contribution is -2.20. The van der Waals surface area contributed by atoms with Crippen LogP contribution in [0.1, 0.15) is 5.56 Å². The number of hydrogen-bond donors (Lipinski definition) is 1. The van der Waals surface area contributed by atoms with Crippen LogP contribution in [0.25, 0.3) is 44.4 Å². The van der Waals surface area contributed by atoms with E-state index in [4.69, 9.17) is 21.0 Å². The first-order valence-corrected chi connectivity index (χ1v) is 13.6. The van der Waals surface area contributed by atoms with Gasteiger partial charge >= 0.3 is 0 Å². The molecule has 7 rings (SSSR count). The van der Waals surface area contributed by atoms with E-state index in [1.807, 2.05) is 71.4 Å². The summed E-state index contributed by atoms with van der Waals surface area (Å²) in [5.41, 5.74) is 3.16. The summed E-state index contributed by atoms with van der Waals surface area (Å²) < 4.78 is 9.19. The Morgan fingerprint density at radius 1 is 0.929 bits per heavy atom. The molecule has 0 aliphatic carbocycles. The van der Waals surface area contributed by atoms with Crippen molar-refractivity contribution in [2.24, 2.45) is 5.10 Å². The number of furan rings is 1. The summed E-state index contributed by atoms with van der Waals surface area (Å²) in [6.45, 7) is 0.0820. The van der Waals surface area contributed by atoms with E-state index >= 15 is 0 Å². The lowest BCUT2D eigenvalue weighted by Gasteiger charge is -2.07. The van der Waals surface area contributed by atoms with Crippen LogP contribution in [0.15, 0.2) is 124 Å². The molecule has 0 fully saturated rings. The van der Waals surface area contributed by atoms with Gasteiger partial charge in [-0.3, -0.25) is 9.59 Å². The molecule has 0 radical (unpaired) electrons. The molecule has 9 heteroatoms. The Morgan fingerprint density at radius 2 is 1.67 bits per heavy atom. The first kappa shape index (κ1) is 25.5. The Hall–Kier alpha value is -5.47. The molecule has 1 amide bonds.